The van der Waals surface area contributed by atoms with Crippen molar-refractivity contribution in [1.82, 2.24) is 55.1 Å². The molecule has 4 aliphatic rings. The van der Waals surface area contributed by atoms with E-state index in [2.05, 4.69) is 16.0 Å². The van der Waals surface area contributed by atoms with E-state index in [9.17, 15) is 51.5 Å². The van der Waals surface area contributed by atoms with Gasteiger partial charge in [0, 0.05) is 74.2 Å². The molecule has 0 aromatic carbocycles. The number of hydrogen-bond acceptors (Lipinski definition) is 11. The molecule has 1 heterocycles. The molecule has 4 fully saturated rings. The number of carbonyl (C=O) groups is 11. The van der Waals surface area contributed by atoms with Crippen molar-refractivity contribution in [2.24, 2.45) is 47.3 Å². The van der Waals surface area contributed by atoms with E-state index in [1.807, 2.05) is 34.6 Å². The highest BCUT2D eigenvalue weighted by molar-refractivity contribution is 6.20. The number of alkyl halides is 4. The van der Waals surface area contributed by atoms with Crippen molar-refractivity contribution in [2.45, 2.75) is 257 Å². The van der Waals surface area contributed by atoms with Gasteiger partial charge in [0.15, 0.2) is 0 Å². The average Bonchev–Trinajstić information content (AvgIpc) is 0.810. The fourth-order valence-electron chi connectivity index (χ4n) is 14.4. The first kappa shape index (κ1) is 82.7. The molecule has 0 unspecified atom stereocenters. The van der Waals surface area contributed by atoms with Gasteiger partial charge in [0.25, 0.3) is 0 Å². The van der Waals surface area contributed by atoms with E-state index < -0.39 is 157 Å². The van der Waals surface area contributed by atoms with E-state index >= 15 is 14.4 Å². The van der Waals surface area contributed by atoms with Crippen LogP contribution in [0, 0.1) is 47.3 Å². The van der Waals surface area contributed by atoms with Gasteiger partial charge >= 0.3 is 6.18 Å². The van der Waals surface area contributed by atoms with Gasteiger partial charge in [-0.05, 0) is 138 Å². The summed E-state index contributed by atoms with van der Waals surface area (Å²) in [5, 5.41) is 8.62. The largest absolute Gasteiger partial charge is 0.391 e. The molecule has 0 aromatic heterocycles. The summed E-state index contributed by atoms with van der Waals surface area (Å²) in [5.41, 5.74) is 0. The summed E-state index contributed by atoms with van der Waals surface area (Å²) in [4.78, 5) is 172. The monoisotopic (exact) mass is 1380 g/mol. The lowest BCUT2D eigenvalue weighted by molar-refractivity contribution is -0.184. The molecule has 3 aliphatic carbocycles. The molecule has 9 atom stereocenters. The third kappa shape index (κ3) is 24.0. The fraction of sp³-hybridized carbons (Fsp3) is 0.843. The lowest BCUT2D eigenvalue weighted by Crippen LogP contribution is -2.60. The van der Waals surface area contributed by atoms with Crippen LogP contribution in [-0.4, -0.2) is 240 Å². The first-order chi connectivity index (χ1) is 44.8. The number of hydrogen-bond donors (Lipinski definition) is 3. The van der Waals surface area contributed by atoms with E-state index in [4.69, 9.17) is 11.6 Å². The number of nitrogens with one attached hydrogen (secondary N) is 3. The number of nitrogens with zero attached hydrogens (tertiary/aromatic N) is 8. The van der Waals surface area contributed by atoms with Gasteiger partial charge in [-0.25, -0.2) is 0 Å². The van der Waals surface area contributed by atoms with Gasteiger partial charge in [0.2, 0.25) is 65.0 Å². The molecule has 0 spiro atoms. The van der Waals surface area contributed by atoms with Gasteiger partial charge in [-0.15, -0.1) is 11.6 Å². The first-order valence-corrected chi connectivity index (χ1v) is 35.9. The molecule has 548 valence electrons. The Morgan fingerprint density at radius 2 is 0.969 bits per heavy atom. The topological polar surface area (TPSA) is 250 Å². The van der Waals surface area contributed by atoms with Crippen LogP contribution in [0.1, 0.15) is 197 Å². The molecule has 1 saturated heterocycles. The lowest BCUT2D eigenvalue weighted by atomic mass is 9.79. The molecule has 22 nitrogen and oxygen atoms in total. The van der Waals surface area contributed by atoms with E-state index in [-0.39, 0.29) is 106 Å². The molecule has 11 amide bonds. The van der Waals surface area contributed by atoms with Gasteiger partial charge in [-0.3, -0.25) is 52.7 Å². The zero-order valence-corrected chi connectivity index (χ0v) is 61.6. The summed E-state index contributed by atoms with van der Waals surface area (Å²) in [7, 11) is 11.6. The highest BCUT2D eigenvalue weighted by Crippen LogP contribution is 2.41. The number of likely N-dealkylation sites (N-methyl/N-ethyl adjacent to an activating group) is 8. The van der Waals surface area contributed by atoms with Crippen molar-refractivity contribution in [3.63, 3.8) is 0 Å². The van der Waals surface area contributed by atoms with Crippen molar-refractivity contribution in [3.8, 4) is 0 Å². The fourth-order valence-corrected chi connectivity index (χ4v) is 14.7. The quantitative estimate of drug-likeness (QED) is 0.144. The van der Waals surface area contributed by atoms with E-state index in [0.29, 0.717) is 32.1 Å². The van der Waals surface area contributed by atoms with E-state index in [0.717, 1.165) is 41.9 Å². The number of carbonyl (C=O) groups excluding carboxylic acids is 11. The number of rotatable bonds is 14. The third-order valence-electron chi connectivity index (χ3n) is 20.9. The Bertz CT molecular complexity index is 2630. The SMILES string of the molecule is CC[C@H](C)[C@@H]1NC(=O)[C@H](CC(C)C)N(C)C(=O)C[C@@H](C)NC(=O)[C@H](C(C)C)N(C)C(=O)[C@H](CC2CCCCC2)N(C)C(=O)[C@H](CC(C)C)N(C)C(=O)[C@H](CCC2CCC(C(F)(F)F)CC2)NC(=O)CN(C)C(=O)[C@H](CC2CCC(Cl)CC2)N(C)C(=O)CN(C)C(=O)CN(C)C1=O. The molecule has 0 radical (unpaired) electrons. The zero-order valence-electron chi connectivity index (χ0n) is 60.9. The summed E-state index contributed by atoms with van der Waals surface area (Å²) < 4.78 is 41.6. The second-order valence-corrected chi connectivity index (χ2v) is 30.7. The van der Waals surface area contributed by atoms with Crippen molar-refractivity contribution in [3.05, 3.63) is 0 Å². The van der Waals surface area contributed by atoms with Crippen LogP contribution in [0.15, 0.2) is 0 Å². The Labute approximate surface area is 575 Å². The average molecular weight is 1380 g/mol. The Morgan fingerprint density at radius 3 is 1.51 bits per heavy atom. The van der Waals surface area contributed by atoms with Crippen molar-refractivity contribution in [1.29, 1.82) is 0 Å². The molecule has 1 aliphatic heterocycles. The predicted molar refractivity (Wildman–Crippen MR) is 363 cm³/mol. The summed E-state index contributed by atoms with van der Waals surface area (Å²) in [6, 6.07) is -8.89. The van der Waals surface area contributed by atoms with Crippen LogP contribution < -0.4 is 16.0 Å². The van der Waals surface area contributed by atoms with E-state index in [1.165, 1.54) is 85.8 Å². The maximum absolute atomic E-state index is 15.5. The lowest BCUT2D eigenvalue weighted by Gasteiger charge is -2.40. The summed E-state index contributed by atoms with van der Waals surface area (Å²) in [6.07, 6.45) is 4.27. The Hall–Kier alpha value is -5.75. The first-order valence-electron chi connectivity index (χ1n) is 35.5. The standard InChI is InChI=1S/C70H119ClF3N11O11/c1-18-45(8)61-69(96)80(12)40-59(88)78(10)41-60(89)82(14)55(38-49-26-31-51(71)32-27-49)66(93)79(11)39-57(86)76-52(33-28-47-24-29-50(30-25-47)70(72,73)74)65(92)83(15)54(35-43(4)5)67(94)84(16)56(37-48-22-20-19-21-23-48)68(95)85(17)62(44(6)7)64(91)75-46(9)36-58(87)81(13)53(34-42(2)3)63(90)77-61/h42-56,61-62H,18-41H2,1-17H3,(H,75,91)(H,76,86)(H,77,90)/t45-,46+,47?,49?,50?,51?,52-,53-,54-,55-,56-,61-,62-/m0/s1. The Balaban J connectivity index is 1.86. The smallest absolute Gasteiger partial charge is 0.351 e. The van der Waals surface area contributed by atoms with Crippen LogP contribution in [-0.2, 0) is 52.7 Å². The number of halogens is 4. The summed E-state index contributed by atoms with van der Waals surface area (Å²) in [6.45, 7) is 14.8. The molecular formula is C70H119ClF3N11O11. The third-order valence-corrected chi connectivity index (χ3v) is 21.4. The molecule has 96 heavy (non-hydrogen) atoms. The minimum absolute atomic E-state index is 0.0188. The van der Waals surface area contributed by atoms with E-state index in [1.54, 1.807) is 27.7 Å². The molecule has 26 heteroatoms. The molecular weight excluding hydrogens is 1260 g/mol. The highest BCUT2D eigenvalue weighted by Gasteiger charge is 2.45. The van der Waals surface area contributed by atoms with Gasteiger partial charge < -0.3 is 55.1 Å². The molecule has 3 saturated carbocycles. The van der Waals surface area contributed by atoms with Crippen LogP contribution >= 0.6 is 11.6 Å². The minimum Gasteiger partial charge on any atom is -0.351 e. The second-order valence-electron chi connectivity index (χ2n) is 30.0. The van der Waals surface area contributed by atoms with Crippen LogP contribution in [0.2, 0.25) is 0 Å². The number of amides is 11. The van der Waals surface area contributed by atoms with Gasteiger partial charge in [-0.1, -0.05) is 93.9 Å². The minimum atomic E-state index is -4.35. The maximum atomic E-state index is 15.5. The van der Waals surface area contributed by atoms with Crippen LogP contribution in [0.3, 0.4) is 0 Å². The van der Waals surface area contributed by atoms with Gasteiger partial charge in [-0.2, -0.15) is 13.2 Å². The van der Waals surface area contributed by atoms with Gasteiger partial charge in [0.05, 0.1) is 25.6 Å². The second kappa shape index (κ2) is 38.0. The van der Waals surface area contributed by atoms with Crippen molar-refractivity contribution >= 4 is 76.6 Å². The summed E-state index contributed by atoms with van der Waals surface area (Å²) >= 11 is 6.51. The van der Waals surface area contributed by atoms with Gasteiger partial charge in [0.1, 0.15) is 42.3 Å². The highest BCUT2D eigenvalue weighted by atomic mass is 35.5. The van der Waals surface area contributed by atoms with Crippen LogP contribution in [0.5, 0.6) is 0 Å². The zero-order chi connectivity index (χ0) is 72.4. The molecule has 3 N–H and O–H groups in total. The Morgan fingerprint density at radius 1 is 0.479 bits per heavy atom. The normalized spacial score (nSPS) is 29.6. The van der Waals surface area contributed by atoms with Crippen LogP contribution in [0.4, 0.5) is 13.2 Å². The predicted octanol–water partition coefficient (Wildman–Crippen LogP) is 7.48. The molecule has 0 bridgehead atoms. The molecule has 0 aromatic rings. The van der Waals surface area contributed by atoms with Crippen molar-refractivity contribution in [2.75, 3.05) is 76.0 Å². The Kier molecular flexibility index (Phi) is 32.7. The van der Waals surface area contributed by atoms with Crippen LogP contribution in [0.25, 0.3) is 0 Å². The molecule has 4 rings (SSSR count). The maximum Gasteiger partial charge on any atom is 0.391 e. The summed E-state index contributed by atoms with van der Waals surface area (Å²) in [5.74, 6) is -9.54. The van der Waals surface area contributed by atoms with Crippen molar-refractivity contribution < 1.29 is 65.9 Å².